The van der Waals surface area contributed by atoms with Crippen LogP contribution < -0.4 is 5.32 Å². The Labute approximate surface area is 90.1 Å². The predicted molar refractivity (Wildman–Crippen MR) is 58.6 cm³/mol. The molecule has 1 N–H and O–H groups in total. The van der Waals surface area contributed by atoms with Gasteiger partial charge in [-0.3, -0.25) is 4.68 Å². The van der Waals surface area contributed by atoms with Crippen LogP contribution in [0.4, 0.5) is 4.79 Å². The molecule has 5 heteroatoms. The van der Waals surface area contributed by atoms with Gasteiger partial charge in [0.15, 0.2) is 0 Å². The Kier molecular flexibility index (Phi) is 4.15. The molecule has 15 heavy (non-hydrogen) atoms. The van der Waals surface area contributed by atoms with Crippen molar-refractivity contribution < 1.29 is 4.79 Å². The lowest BCUT2D eigenvalue weighted by atomic mass is 10.3. The molecule has 0 saturated heterocycles. The van der Waals surface area contributed by atoms with Crippen molar-refractivity contribution in [2.75, 3.05) is 20.1 Å². The number of rotatable bonds is 4. The maximum absolute atomic E-state index is 11.4. The van der Waals surface area contributed by atoms with E-state index >= 15 is 0 Å². The van der Waals surface area contributed by atoms with Crippen molar-refractivity contribution in [1.29, 1.82) is 0 Å². The first kappa shape index (κ1) is 11.6. The van der Waals surface area contributed by atoms with Crippen LogP contribution in [0.15, 0.2) is 12.3 Å². The number of aryl methyl sites for hydroxylation is 1. The number of hydrogen-bond acceptors (Lipinski definition) is 2. The largest absolute Gasteiger partial charge is 0.338 e. The second-order valence-corrected chi connectivity index (χ2v) is 3.44. The number of nitrogens with zero attached hydrogens (tertiary/aromatic N) is 3. The van der Waals surface area contributed by atoms with Gasteiger partial charge in [0, 0.05) is 45.5 Å². The van der Waals surface area contributed by atoms with Gasteiger partial charge >= 0.3 is 6.03 Å². The quantitative estimate of drug-likeness (QED) is 0.792. The van der Waals surface area contributed by atoms with Crippen LogP contribution in [-0.2, 0) is 13.5 Å². The summed E-state index contributed by atoms with van der Waals surface area (Å²) in [6.07, 6.45) is 2.56. The average molecular weight is 210 g/mol. The van der Waals surface area contributed by atoms with E-state index in [0.29, 0.717) is 6.54 Å². The molecule has 2 amide bonds. The molecule has 84 valence electrons. The van der Waals surface area contributed by atoms with Crippen molar-refractivity contribution in [2.24, 2.45) is 7.05 Å². The molecule has 1 rings (SSSR count). The Morgan fingerprint density at radius 3 is 2.93 bits per heavy atom. The SMILES string of the molecule is CCN(C)C(=O)NCCc1ccnn1C. The lowest BCUT2D eigenvalue weighted by molar-refractivity contribution is 0.211. The van der Waals surface area contributed by atoms with Crippen LogP contribution in [-0.4, -0.2) is 40.8 Å². The highest BCUT2D eigenvalue weighted by Crippen LogP contribution is 1.96. The van der Waals surface area contributed by atoms with E-state index in [4.69, 9.17) is 0 Å². The smallest absolute Gasteiger partial charge is 0.317 e. The highest BCUT2D eigenvalue weighted by atomic mass is 16.2. The van der Waals surface area contributed by atoms with Gasteiger partial charge < -0.3 is 10.2 Å². The summed E-state index contributed by atoms with van der Waals surface area (Å²) >= 11 is 0. The third kappa shape index (κ3) is 3.27. The zero-order chi connectivity index (χ0) is 11.3. The molecule has 0 unspecified atom stereocenters. The van der Waals surface area contributed by atoms with Gasteiger partial charge in [0.05, 0.1) is 0 Å². The summed E-state index contributed by atoms with van der Waals surface area (Å²) in [5.41, 5.74) is 1.12. The Morgan fingerprint density at radius 2 is 2.40 bits per heavy atom. The zero-order valence-corrected chi connectivity index (χ0v) is 9.53. The molecule has 0 radical (unpaired) electrons. The molecule has 1 aromatic heterocycles. The van der Waals surface area contributed by atoms with Gasteiger partial charge in [0.1, 0.15) is 0 Å². The molecule has 0 atom stereocenters. The number of urea groups is 1. The average Bonchev–Trinajstić information content (AvgIpc) is 2.63. The number of carbonyl (C=O) groups is 1. The molecule has 0 aliphatic heterocycles. The molecule has 0 bridgehead atoms. The van der Waals surface area contributed by atoms with E-state index in [9.17, 15) is 4.79 Å². The van der Waals surface area contributed by atoms with E-state index in [1.54, 1.807) is 18.1 Å². The van der Waals surface area contributed by atoms with Crippen molar-refractivity contribution in [3.05, 3.63) is 18.0 Å². The van der Waals surface area contributed by atoms with Crippen LogP contribution in [0.5, 0.6) is 0 Å². The van der Waals surface area contributed by atoms with Crippen molar-refractivity contribution in [3.63, 3.8) is 0 Å². The van der Waals surface area contributed by atoms with Crippen molar-refractivity contribution in [1.82, 2.24) is 20.0 Å². The zero-order valence-electron chi connectivity index (χ0n) is 9.53. The molecule has 0 aliphatic rings. The maximum Gasteiger partial charge on any atom is 0.317 e. The van der Waals surface area contributed by atoms with Crippen LogP contribution in [0.1, 0.15) is 12.6 Å². The normalized spacial score (nSPS) is 10.1. The number of amides is 2. The van der Waals surface area contributed by atoms with Gasteiger partial charge in [0.25, 0.3) is 0 Å². The highest BCUT2D eigenvalue weighted by molar-refractivity contribution is 5.73. The van der Waals surface area contributed by atoms with Crippen LogP contribution in [0.25, 0.3) is 0 Å². The van der Waals surface area contributed by atoms with Gasteiger partial charge in [-0.2, -0.15) is 5.10 Å². The summed E-state index contributed by atoms with van der Waals surface area (Å²) in [4.78, 5) is 13.0. The molecular formula is C10H18N4O. The summed E-state index contributed by atoms with van der Waals surface area (Å²) in [6.45, 7) is 3.31. The fourth-order valence-electron chi connectivity index (χ4n) is 1.22. The Morgan fingerprint density at radius 1 is 1.67 bits per heavy atom. The van der Waals surface area contributed by atoms with Crippen molar-refractivity contribution in [2.45, 2.75) is 13.3 Å². The third-order valence-electron chi connectivity index (χ3n) is 2.40. The summed E-state index contributed by atoms with van der Waals surface area (Å²) in [5.74, 6) is 0. The summed E-state index contributed by atoms with van der Waals surface area (Å²) in [6, 6.07) is 1.93. The van der Waals surface area contributed by atoms with Crippen molar-refractivity contribution >= 4 is 6.03 Å². The van der Waals surface area contributed by atoms with Crippen LogP contribution in [0.3, 0.4) is 0 Å². The van der Waals surface area contributed by atoms with Gasteiger partial charge in [-0.15, -0.1) is 0 Å². The molecular weight excluding hydrogens is 192 g/mol. The molecule has 0 saturated carbocycles. The van der Waals surface area contributed by atoms with E-state index in [0.717, 1.165) is 18.7 Å². The van der Waals surface area contributed by atoms with E-state index < -0.39 is 0 Å². The molecule has 0 fully saturated rings. The fraction of sp³-hybridized carbons (Fsp3) is 0.600. The van der Waals surface area contributed by atoms with Crippen molar-refractivity contribution in [3.8, 4) is 0 Å². The fourth-order valence-corrected chi connectivity index (χ4v) is 1.22. The summed E-state index contributed by atoms with van der Waals surface area (Å²) in [5, 5.41) is 6.90. The topological polar surface area (TPSA) is 50.2 Å². The van der Waals surface area contributed by atoms with Gasteiger partial charge in [-0.05, 0) is 13.0 Å². The first-order chi connectivity index (χ1) is 7.15. The van der Waals surface area contributed by atoms with E-state index in [1.165, 1.54) is 0 Å². The molecule has 5 nitrogen and oxygen atoms in total. The van der Waals surface area contributed by atoms with E-state index in [-0.39, 0.29) is 6.03 Å². The lowest BCUT2D eigenvalue weighted by Gasteiger charge is -2.15. The molecule has 0 aromatic carbocycles. The first-order valence-electron chi connectivity index (χ1n) is 5.11. The summed E-state index contributed by atoms with van der Waals surface area (Å²) in [7, 11) is 3.68. The predicted octanol–water partition coefficient (Wildman–Crippen LogP) is 0.624. The monoisotopic (exact) mass is 210 g/mol. The van der Waals surface area contributed by atoms with E-state index in [1.807, 2.05) is 24.7 Å². The Balaban J connectivity index is 2.28. The second kappa shape index (κ2) is 5.38. The minimum absolute atomic E-state index is 0.0281. The maximum atomic E-state index is 11.4. The van der Waals surface area contributed by atoms with Gasteiger partial charge in [-0.1, -0.05) is 0 Å². The lowest BCUT2D eigenvalue weighted by Crippen LogP contribution is -2.38. The number of aromatic nitrogens is 2. The molecule has 1 aromatic rings. The summed E-state index contributed by atoms with van der Waals surface area (Å²) < 4.78 is 1.82. The van der Waals surface area contributed by atoms with Crippen LogP contribution >= 0.6 is 0 Å². The Hall–Kier alpha value is -1.52. The van der Waals surface area contributed by atoms with Gasteiger partial charge in [-0.25, -0.2) is 4.79 Å². The molecule has 0 spiro atoms. The van der Waals surface area contributed by atoms with E-state index in [2.05, 4.69) is 10.4 Å². The minimum atomic E-state index is -0.0281. The molecule has 1 heterocycles. The second-order valence-electron chi connectivity index (χ2n) is 3.44. The first-order valence-corrected chi connectivity index (χ1v) is 5.11. The number of carbonyl (C=O) groups excluding carboxylic acids is 1. The molecule has 0 aliphatic carbocycles. The number of hydrogen-bond donors (Lipinski definition) is 1. The highest BCUT2D eigenvalue weighted by Gasteiger charge is 2.05. The standard InChI is InChI=1S/C10H18N4O/c1-4-13(2)10(15)11-7-5-9-6-8-12-14(9)3/h6,8H,4-5,7H2,1-3H3,(H,11,15). The third-order valence-corrected chi connectivity index (χ3v) is 2.40. The van der Waals surface area contributed by atoms with Gasteiger partial charge in [0.2, 0.25) is 0 Å². The Bertz CT molecular complexity index is 321. The minimum Gasteiger partial charge on any atom is -0.338 e. The van der Waals surface area contributed by atoms with Crippen LogP contribution in [0.2, 0.25) is 0 Å². The van der Waals surface area contributed by atoms with Crippen LogP contribution in [0, 0.1) is 0 Å². The number of nitrogens with one attached hydrogen (secondary N) is 1.